The topological polar surface area (TPSA) is 305 Å². The lowest BCUT2D eigenvalue weighted by atomic mass is 9.65. The maximum atomic E-state index is 13.7. The Morgan fingerprint density at radius 1 is 0.341 bits per heavy atom. The Morgan fingerprint density at radius 2 is 0.626 bits per heavy atom. The van der Waals surface area contributed by atoms with E-state index >= 15 is 0 Å². The summed E-state index contributed by atoms with van der Waals surface area (Å²) in [4.78, 5) is 0. The van der Waals surface area contributed by atoms with E-state index in [1.54, 1.807) is 84.9 Å². The Balaban J connectivity index is 0.000000267. The molecule has 0 saturated carbocycles. The maximum absolute atomic E-state index is 13.7. The third-order valence-electron chi connectivity index (χ3n) is 14.3. The van der Waals surface area contributed by atoms with Crippen molar-refractivity contribution in [1.29, 1.82) is 10.5 Å². The van der Waals surface area contributed by atoms with E-state index in [1.165, 1.54) is 30.3 Å². The van der Waals surface area contributed by atoms with Crippen LogP contribution in [0, 0.1) is 47.0 Å². The molecule has 0 aromatic heterocycles. The van der Waals surface area contributed by atoms with Crippen LogP contribution < -0.4 is 42.3 Å². The minimum Gasteiger partial charge on any atom is -0.457 e. The van der Waals surface area contributed by atoms with E-state index in [9.17, 15) is 63.9 Å². The molecular weight excluding hydrogens is 1170 g/mol. The zero-order valence-corrected chi connectivity index (χ0v) is 48.7. The second-order valence-corrected chi connectivity index (χ2v) is 20.5. The minimum absolute atomic E-state index is 0.00233. The van der Waals surface area contributed by atoms with Gasteiger partial charge in [0.1, 0.15) is 40.4 Å². The van der Waals surface area contributed by atoms with Crippen molar-refractivity contribution in [1.82, 2.24) is 0 Å². The van der Waals surface area contributed by atoms with Gasteiger partial charge in [0, 0.05) is 0 Å². The summed E-state index contributed by atoms with van der Waals surface area (Å²) in [5, 5.41) is 122. The van der Waals surface area contributed by atoms with E-state index in [-0.39, 0.29) is 60.6 Å². The van der Waals surface area contributed by atoms with E-state index in [2.05, 4.69) is 6.07 Å². The first-order valence-electron chi connectivity index (χ1n) is 28.1. The highest BCUT2D eigenvalue weighted by Crippen LogP contribution is 2.25. The second-order valence-electron chi connectivity index (χ2n) is 20.5. The average Bonchev–Trinajstić information content (AvgIpc) is 1.20. The van der Waals surface area contributed by atoms with Crippen LogP contribution in [0.2, 0.25) is 0 Å². The van der Waals surface area contributed by atoms with Crippen LogP contribution in [0.3, 0.4) is 0 Å². The summed E-state index contributed by atoms with van der Waals surface area (Å²) in [5.41, 5.74) is 5.83. The third-order valence-corrected chi connectivity index (χ3v) is 14.3. The van der Waals surface area contributed by atoms with E-state index in [4.69, 9.17) is 38.3 Å². The molecule has 9 aromatic rings. The molecule has 0 bridgehead atoms. The molecule has 0 heterocycles. The van der Waals surface area contributed by atoms with Crippen molar-refractivity contribution in [2.75, 3.05) is 0 Å². The molecule has 0 amide bonds. The highest BCUT2D eigenvalue weighted by atomic mass is 19.1. The van der Waals surface area contributed by atoms with Gasteiger partial charge in [-0.3, -0.25) is 0 Å². The van der Waals surface area contributed by atoms with E-state index in [0.29, 0.717) is 46.1 Å². The summed E-state index contributed by atoms with van der Waals surface area (Å²) in [5.74, 6) is -0.376. The lowest BCUT2D eigenvalue weighted by Gasteiger charge is -2.23. The molecule has 9 aromatic carbocycles. The Labute approximate surface area is 524 Å². The van der Waals surface area contributed by atoms with Gasteiger partial charge in [-0.1, -0.05) is 78.4 Å². The largest absolute Gasteiger partial charge is 0.478 e. The first kappa shape index (κ1) is 68.1. The number of hydrogen-bond acceptors (Lipinski definition) is 18. The highest BCUT2D eigenvalue weighted by molar-refractivity contribution is 6.80. The van der Waals surface area contributed by atoms with Gasteiger partial charge in [0.25, 0.3) is 0 Å². The van der Waals surface area contributed by atoms with Gasteiger partial charge < -0.3 is 78.5 Å². The van der Waals surface area contributed by atoms with Crippen molar-refractivity contribution in [2.45, 2.75) is 53.0 Å². The first-order chi connectivity index (χ1) is 44.0. The van der Waals surface area contributed by atoms with Crippen LogP contribution in [0.25, 0.3) is 0 Å². The van der Waals surface area contributed by atoms with Gasteiger partial charge in [0.05, 0.1) is 62.9 Å². The average molecular weight is 1230 g/mol. The number of rotatable bonds is 26. The monoisotopic (exact) mass is 1230 g/mol. The normalized spacial score (nSPS) is 10.8. The molecule has 0 aliphatic heterocycles. The number of halogens is 3. The van der Waals surface area contributed by atoms with Gasteiger partial charge in [-0.05, 0) is 200 Å². The van der Waals surface area contributed by atoms with Crippen molar-refractivity contribution in [3.05, 3.63) is 261 Å². The van der Waals surface area contributed by atoms with Crippen LogP contribution in [0.4, 0.5) is 13.2 Å². The van der Waals surface area contributed by atoms with Crippen LogP contribution in [0.15, 0.2) is 182 Å². The Morgan fingerprint density at radius 3 is 1.00 bits per heavy atom. The van der Waals surface area contributed by atoms with E-state index in [0.717, 1.165) is 53.1 Å². The fourth-order valence-electron chi connectivity index (χ4n) is 9.56. The molecule has 10 N–H and O–H groups in total. The molecule has 18 nitrogen and oxygen atoms in total. The molecule has 0 fully saturated rings. The predicted octanol–water partition coefficient (Wildman–Crippen LogP) is 2.98. The zero-order valence-electron chi connectivity index (χ0n) is 48.7. The molecule has 91 heavy (non-hydrogen) atoms. The summed E-state index contributed by atoms with van der Waals surface area (Å²) >= 11 is 0. The maximum Gasteiger partial charge on any atom is 0.478 e. The molecule has 0 unspecified atom stereocenters. The molecule has 0 aliphatic rings. The highest BCUT2D eigenvalue weighted by Gasteiger charge is 2.38. The summed E-state index contributed by atoms with van der Waals surface area (Å²) in [6.07, 6.45) is 0.601. The second kappa shape index (κ2) is 32.8. The quantitative estimate of drug-likeness (QED) is 0.0349. The van der Waals surface area contributed by atoms with Crippen molar-refractivity contribution in [2.24, 2.45) is 0 Å². The van der Waals surface area contributed by atoms with Crippen molar-refractivity contribution >= 4 is 75.5 Å². The van der Waals surface area contributed by atoms with Gasteiger partial charge in [0.2, 0.25) is 0 Å². The number of hydrogen-bond donors (Lipinski definition) is 10. The number of aliphatic hydroxyl groups excluding tert-OH is 6. The predicted molar refractivity (Wildman–Crippen MR) is 336 cm³/mol. The third kappa shape index (κ3) is 18.2. The number of nitrogens with zero attached hydrogens (tertiary/aromatic N) is 2. The van der Waals surface area contributed by atoms with Gasteiger partial charge in [-0.15, -0.1) is 0 Å². The number of ether oxygens (including phenoxy) is 2. The lowest BCUT2D eigenvalue weighted by molar-refractivity contribution is 0.280. The number of benzene rings is 9. The SMILES string of the molecule is Cc1ccc(Cc2ccc(B(O)OB(OB(O)c3ccc(Oc4ccc(C#N)cc4)cc3CO)c3ccc(Oc4ccc(C#N)cc4)cc3CO)c(CO)c2)cc1.OCc1cc(F)ccc1B(O)OB(OB(O)c1ccc(F)cc1CO)c1ccc(F)cc1CO. The lowest BCUT2D eigenvalue weighted by Crippen LogP contribution is -2.53. The molecule has 0 spiro atoms. The van der Waals surface area contributed by atoms with Crippen LogP contribution in [-0.4, -0.2) is 93.4 Å². The van der Waals surface area contributed by atoms with E-state index in [1.807, 2.05) is 43.3 Å². The number of aryl methyl sites for hydroxylation is 1. The minimum atomic E-state index is -1.80. The molecule has 0 radical (unpaired) electrons. The number of aliphatic hydroxyl groups is 6. The first-order valence-corrected chi connectivity index (χ1v) is 28.1. The standard InChI is InChI=1S/C43H37B3N2O9.C21H20B3F3O7/c1-29-2-4-30(5-3-29)20-33-10-17-41(34(21-33)26-49)44(52)56-46(43-19-16-40(23-36(43)28-51)55-38-13-8-32(25-48)9-14-38)57-45(53)42-18-15-39(22-35(42)27-50)54-37-11-6-31(24-47)7-12-37;25-16-1-4-19(13(7-16)10-28)22(31)33-24(21-6-3-18(27)9-15(21)12-30)34-23(32)20-5-2-17(26)8-14(20)11-29/h2-19,21-23,49-53H,20,26-28H2,1H3;1-9,28-32H,10-12H2. The van der Waals surface area contributed by atoms with Gasteiger partial charge in [0.15, 0.2) is 0 Å². The zero-order chi connectivity index (χ0) is 65.1. The molecule has 27 heteroatoms. The Hall–Kier alpha value is -8.82. The summed E-state index contributed by atoms with van der Waals surface area (Å²) in [6, 6.07) is 49.5. The Bertz CT molecular complexity index is 3940. The van der Waals surface area contributed by atoms with Crippen LogP contribution in [0.5, 0.6) is 23.0 Å². The summed E-state index contributed by atoms with van der Waals surface area (Å²) in [7, 11) is -10.1. The molecule has 458 valence electrons. The molecule has 0 aliphatic carbocycles. The summed E-state index contributed by atoms with van der Waals surface area (Å²) < 4.78 is 75.9. The molecule has 9 rings (SSSR count). The van der Waals surface area contributed by atoms with Crippen molar-refractivity contribution in [3.63, 3.8) is 0 Å². The smallest absolute Gasteiger partial charge is 0.457 e. The Kier molecular flexibility index (Phi) is 24.5. The van der Waals surface area contributed by atoms with Gasteiger partial charge in [-0.2, -0.15) is 10.5 Å². The fraction of sp³-hybridized carbons (Fsp3) is 0.125. The van der Waals surface area contributed by atoms with Crippen molar-refractivity contribution < 1.29 is 91.7 Å². The van der Waals surface area contributed by atoms with E-state index < -0.39 is 99.8 Å². The molecule has 0 saturated heterocycles. The fourth-order valence-corrected chi connectivity index (χ4v) is 9.56. The summed E-state index contributed by atoms with van der Waals surface area (Å²) in [6.45, 7) is -1.25. The van der Waals surface area contributed by atoms with Gasteiger partial charge in [-0.25, -0.2) is 13.2 Å². The van der Waals surface area contributed by atoms with Crippen molar-refractivity contribution in [3.8, 4) is 35.1 Å². The molecule has 0 atom stereocenters. The molecular formula is C64H57B6F3N2O16. The van der Waals surface area contributed by atoms with Gasteiger partial charge >= 0.3 is 42.7 Å². The number of nitriles is 2. The van der Waals surface area contributed by atoms with Crippen LogP contribution in [-0.2, 0) is 64.3 Å². The van der Waals surface area contributed by atoms with Crippen LogP contribution >= 0.6 is 0 Å². The van der Waals surface area contributed by atoms with Crippen LogP contribution in [0.1, 0.15) is 61.2 Å².